The summed E-state index contributed by atoms with van der Waals surface area (Å²) in [6.07, 6.45) is 1.92. The Morgan fingerprint density at radius 2 is 1.77 bits per heavy atom. The summed E-state index contributed by atoms with van der Waals surface area (Å²) in [5.41, 5.74) is 2.27. The molecule has 0 heterocycles. The first-order valence-electron chi connectivity index (χ1n) is 7.45. The molecule has 0 unspecified atom stereocenters. The molecular formula is C18H18N2O2. The quantitative estimate of drug-likeness (QED) is 0.890. The van der Waals surface area contributed by atoms with Gasteiger partial charge in [0.2, 0.25) is 5.91 Å². The lowest BCUT2D eigenvalue weighted by atomic mass is 10.1. The number of hydrogen-bond donors (Lipinski definition) is 2. The molecule has 112 valence electrons. The van der Waals surface area contributed by atoms with Crippen molar-refractivity contribution in [2.24, 2.45) is 5.92 Å². The second-order valence-corrected chi connectivity index (χ2v) is 5.51. The van der Waals surface area contributed by atoms with E-state index in [2.05, 4.69) is 10.6 Å². The molecule has 0 bridgehead atoms. The fraction of sp³-hybridized carbons (Fsp3) is 0.222. The van der Waals surface area contributed by atoms with E-state index in [-0.39, 0.29) is 17.7 Å². The van der Waals surface area contributed by atoms with Gasteiger partial charge in [0.1, 0.15) is 0 Å². The van der Waals surface area contributed by atoms with E-state index >= 15 is 0 Å². The van der Waals surface area contributed by atoms with Gasteiger partial charge in [0, 0.05) is 23.7 Å². The van der Waals surface area contributed by atoms with Crippen LogP contribution in [-0.4, -0.2) is 11.8 Å². The molecule has 0 radical (unpaired) electrons. The molecule has 1 saturated carbocycles. The third-order valence-electron chi connectivity index (χ3n) is 3.64. The van der Waals surface area contributed by atoms with Crippen LogP contribution in [-0.2, 0) is 11.3 Å². The first-order chi connectivity index (χ1) is 10.7. The van der Waals surface area contributed by atoms with Gasteiger partial charge in [-0.15, -0.1) is 0 Å². The fourth-order valence-corrected chi connectivity index (χ4v) is 2.21. The van der Waals surface area contributed by atoms with Crippen molar-refractivity contribution < 1.29 is 9.59 Å². The summed E-state index contributed by atoms with van der Waals surface area (Å²) in [6, 6.07) is 16.8. The number of anilines is 1. The van der Waals surface area contributed by atoms with Gasteiger partial charge in [-0.2, -0.15) is 0 Å². The van der Waals surface area contributed by atoms with Gasteiger partial charge in [0.05, 0.1) is 0 Å². The maximum atomic E-state index is 12.2. The molecule has 1 fully saturated rings. The summed E-state index contributed by atoms with van der Waals surface area (Å²) in [5.74, 6) is 0.0452. The average Bonchev–Trinajstić information content (AvgIpc) is 3.39. The Kier molecular flexibility index (Phi) is 4.19. The summed E-state index contributed by atoms with van der Waals surface area (Å²) in [6.45, 7) is 0.484. The number of hydrogen-bond acceptors (Lipinski definition) is 2. The fourth-order valence-electron chi connectivity index (χ4n) is 2.21. The van der Waals surface area contributed by atoms with E-state index in [1.807, 2.05) is 30.3 Å². The Labute approximate surface area is 129 Å². The molecule has 22 heavy (non-hydrogen) atoms. The molecule has 0 aliphatic heterocycles. The highest BCUT2D eigenvalue weighted by Gasteiger charge is 2.29. The van der Waals surface area contributed by atoms with E-state index in [1.165, 1.54) is 0 Å². The highest BCUT2D eigenvalue weighted by Crippen LogP contribution is 2.30. The molecule has 3 rings (SSSR count). The predicted molar refractivity (Wildman–Crippen MR) is 85.4 cm³/mol. The average molecular weight is 294 g/mol. The van der Waals surface area contributed by atoms with E-state index in [1.54, 1.807) is 24.3 Å². The van der Waals surface area contributed by atoms with Gasteiger partial charge in [-0.3, -0.25) is 9.59 Å². The molecule has 0 spiro atoms. The van der Waals surface area contributed by atoms with Crippen molar-refractivity contribution in [1.82, 2.24) is 5.32 Å². The zero-order chi connectivity index (χ0) is 15.4. The van der Waals surface area contributed by atoms with Crippen molar-refractivity contribution >= 4 is 17.5 Å². The highest BCUT2D eigenvalue weighted by molar-refractivity contribution is 5.98. The molecule has 2 N–H and O–H groups in total. The second kappa shape index (κ2) is 6.43. The highest BCUT2D eigenvalue weighted by atomic mass is 16.2. The molecule has 1 aliphatic rings. The van der Waals surface area contributed by atoms with E-state index in [4.69, 9.17) is 0 Å². The van der Waals surface area contributed by atoms with Crippen LogP contribution in [0.15, 0.2) is 54.6 Å². The normalized spacial score (nSPS) is 13.5. The standard InChI is InChI=1S/C18H18N2O2/c21-17(19-12-13-5-2-1-3-6-13)15-7-4-8-16(11-15)20-18(22)14-9-10-14/h1-8,11,14H,9-10,12H2,(H,19,21)(H,20,22). The van der Waals surface area contributed by atoms with Crippen LogP contribution in [0.3, 0.4) is 0 Å². The maximum Gasteiger partial charge on any atom is 0.251 e. The van der Waals surface area contributed by atoms with Crippen molar-refractivity contribution in [2.75, 3.05) is 5.32 Å². The molecule has 4 nitrogen and oxygen atoms in total. The summed E-state index contributed by atoms with van der Waals surface area (Å²) in [4.78, 5) is 23.9. The second-order valence-electron chi connectivity index (χ2n) is 5.51. The van der Waals surface area contributed by atoms with Crippen molar-refractivity contribution in [3.63, 3.8) is 0 Å². The van der Waals surface area contributed by atoms with Gasteiger partial charge in [-0.05, 0) is 36.6 Å². The third-order valence-corrected chi connectivity index (χ3v) is 3.64. The van der Waals surface area contributed by atoms with Crippen molar-refractivity contribution in [3.8, 4) is 0 Å². The van der Waals surface area contributed by atoms with Crippen LogP contribution in [0.4, 0.5) is 5.69 Å². The first-order valence-corrected chi connectivity index (χ1v) is 7.45. The van der Waals surface area contributed by atoms with Gasteiger partial charge in [0.15, 0.2) is 0 Å². The molecule has 2 aromatic rings. The summed E-state index contributed by atoms with van der Waals surface area (Å²) in [7, 11) is 0. The van der Waals surface area contributed by atoms with Crippen molar-refractivity contribution in [1.29, 1.82) is 0 Å². The molecule has 0 saturated heterocycles. The predicted octanol–water partition coefficient (Wildman–Crippen LogP) is 2.97. The number of amides is 2. The van der Waals surface area contributed by atoms with Crippen LogP contribution in [0, 0.1) is 5.92 Å². The Bertz CT molecular complexity index is 678. The van der Waals surface area contributed by atoms with Crippen molar-refractivity contribution in [3.05, 3.63) is 65.7 Å². The molecule has 1 aliphatic carbocycles. The first kappa shape index (κ1) is 14.3. The van der Waals surface area contributed by atoms with Gasteiger partial charge in [0.25, 0.3) is 5.91 Å². The Morgan fingerprint density at radius 3 is 2.50 bits per heavy atom. The van der Waals surface area contributed by atoms with Crippen LogP contribution in [0.2, 0.25) is 0 Å². The van der Waals surface area contributed by atoms with Gasteiger partial charge >= 0.3 is 0 Å². The summed E-state index contributed by atoms with van der Waals surface area (Å²) in [5, 5.41) is 5.73. The van der Waals surface area contributed by atoms with Crippen LogP contribution in [0.1, 0.15) is 28.8 Å². The topological polar surface area (TPSA) is 58.2 Å². The third kappa shape index (κ3) is 3.73. The number of carbonyl (C=O) groups is 2. The number of carbonyl (C=O) groups excluding carboxylic acids is 2. The largest absolute Gasteiger partial charge is 0.348 e. The molecule has 0 atom stereocenters. The molecule has 2 amide bonds. The lowest BCUT2D eigenvalue weighted by molar-refractivity contribution is -0.117. The Hall–Kier alpha value is -2.62. The van der Waals surface area contributed by atoms with Crippen LogP contribution >= 0.6 is 0 Å². The monoisotopic (exact) mass is 294 g/mol. The number of benzene rings is 2. The molecule has 2 aromatic carbocycles. The maximum absolute atomic E-state index is 12.2. The minimum atomic E-state index is -0.147. The van der Waals surface area contributed by atoms with E-state index in [0.29, 0.717) is 17.8 Å². The van der Waals surface area contributed by atoms with E-state index in [0.717, 1.165) is 18.4 Å². The van der Waals surface area contributed by atoms with Crippen molar-refractivity contribution in [2.45, 2.75) is 19.4 Å². The zero-order valence-corrected chi connectivity index (χ0v) is 12.2. The van der Waals surface area contributed by atoms with E-state index in [9.17, 15) is 9.59 Å². The summed E-state index contributed by atoms with van der Waals surface area (Å²) < 4.78 is 0. The molecular weight excluding hydrogens is 276 g/mol. The molecule has 4 heteroatoms. The number of nitrogens with one attached hydrogen (secondary N) is 2. The SMILES string of the molecule is O=C(NCc1ccccc1)c1cccc(NC(=O)C2CC2)c1. The number of rotatable bonds is 5. The van der Waals surface area contributed by atoms with Gasteiger partial charge < -0.3 is 10.6 Å². The minimum absolute atomic E-state index is 0.0434. The van der Waals surface area contributed by atoms with E-state index < -0.39 is 0 Å². The molecule has 0 aromatic heterocycles. The van der Waals surface area contributed by atoms with Crippen LogP contribution in [0.5, 0.6) is 0 Å². The lowest BCUT2D eigenvalue weighted by Crippen LogP contribution is -2.23. The lowest BCUT2D eigenvalue weighted by Gasteiger charge is -2.08. The van der Waals surface area contributed by atoms with Gasteiger partial charge in [-0.25, -0.2) is 0 Å². The minimum Gasteiger partial charge on any atom is -0.348 e. The zero-order valence-electron chi connectivity index (χ0n) is 12.2. The van der Waals surface area contributed by atoms with Crippen LogP contribution < -0.4 is 10.6 Å². The summed E-state index contributed by atoms with van der Waals surface area (Å²) >= 11 is 0. The smallest absolute Gasteiger partial charge is 0.251 e. The van der Waals surface area contributed by atoms with Gasteiger partial charge in [-0.1, -0.05) is 36.4 Å². The Balaban J connectivity index is 1.61. The Morgan fingerprint density at radius 1 is 1.00 bits per heavy atom. The van der Waals surface area contributed by atoms with Crippen LogP contribution in [0.25, 0.3) is 0 Å².